The van der Waals surface area contributed by atoms with Gasteiger partial charge in [0.2, 0.25) is 0 Å². The number of pyridine rings is 2. The summed E-state index contributed by atoms with van der Waals surface area (Å²) in [6.45, 7) is 2.79. The number of benzene rings is 1. The summed E-state index contributed by atoms with van der Waals surface area (Å²) in [4.78, 5) is 25.5. The molecule has 1 saturated heterocycles. The van der Waals surface area contributed by atoms with Gasteiger partial charge in [0, 0.05) is 38.6 Å². The molecule has 0 radical (unpaired) electrons. The Morgan fingerprint density at radius 3 is 2.45 bits per heavy atom. The van der Waals surface area contributed by atoms with Gasteiger partial charge >= 0.3 is 0 Å². The average Bonchev–Trinajstić information content (AvgIpc) is 2.80. The predicted molar refractivity (Wildman–Crippen MR) is 111 cm³/mol. The fourth-order valence-corrected chi connectivity index (χ4v) is 3.28. The Balaban J connectivity index is 1.38. The van der Waals surface area contributed by atoms with Crippen LogP contribution in [-0.4, -0.2) is 47.0 Å². The van der Waals surface area contributed by atoms with Crippen molar-refractivity contribution < 1.29 is 4.79 Å². The van der Waals surface area contributed by atoms with Crippen LogP contribution in [0.25, 0.3) is 0 Å². The number of carbonyl (C=O) groups excluding carboxylic acids is 1. The van der Waals surface area contributed by atoms with E-state index in [4.69, 9.17) is 0 Å². The van der Waals surface area contributed by atoms with Gasteiger partial charge in [-0.1, -0.05) is 18.2 Å². The Hall–Kier alpha value is -3.92. The molecule has 29 heavy (non-hydrogen) atoms. The van der Waals surface area contributed by atoms with Crippen molar-refractivity contribution in [1.29, 1.82) is 5.26 Å². The van der Waals surface area contributed by atoms with Crippen LogP contribution >= 0.6 is 0 Å². The number of hydrogen-bond donors (Lipinski definition) is 1. The first-order valence-corrected chi connectivity index (χ1v) is 9.42. The van der Waals surface area contributed by atoms with E-state index in [1.807, 2.05) is 41.3 Å². The normalized spacial score (nSPS) is 13.6. The maximum atomic E-state index is 12.8. The van der Waals surface area contributed by atoms with Crippen LogP contribution < -0.4 is 10.2 Å². The highest BCUT2D eigenvalue weighted by atomic mass is 16.2. The summed E-state index contributed by atoms with van der Waals surface area (Å²) >= 11 is 0. The van der Waals surface area contributed by atoms with Crippen LogP contribution in [0, 0.1) is 11.3 Å². The van der Waals surface area contributed by atoms with Crippen molar-refractivity contribution in [2.75, 3.05) is 36.4 Å². The first-order valence-electron chi connectivity index (χ1n) is 9.42. The second-order valence-electron chi connectivity index (χ2n) is 6.68. The zero-order valence-corrected chi connectivity index (χ0v) is 15.8. The highest BCUT2D eigenvalue weighted by molar-refractivity contribution is 5.94. The SMILES string of the molecule is N#Cc1ccccc1Nc1ccc(C(=O)N2CCN(c3ccccn3)CC2)cn1. The third-order valence-corrected chi connectivity index (χ3v) is 4.86. The molecule has 1 fully saturated rings. The summed E-state index contributed by atoms with van der Waals surface area (Å²) in [7, 11) is 0. The van der Waals surface area contributed by atoms with Gasteiger partial charge in [-0.05, 0) is 36.4 Å². The topological polar surface area (TPSA) is 85.2 Å². The van der Waals surface area contributed by atoms with E-state index >= 15 is 0 Å². The van der Waals surface area contributed by atoms with Gasteiger partial charge < -0.3 is 15.1 Å². The molecule has 0 saturated carbocycles. The van der Waals surface area contributed by atoms with Crippen molar-refractivity contribution in [3.05, 3.63) is 78.1 Å². The first-order chi connectivity index (χ1) is 14.2. The lowest BCUT2D eigenvalue weighted by Gasteiger charge is -2.35. The molecular weight excluding hydrogens is 364 g/mol. The van der Waals surface area contributed by atoms with Gasteiger partial charge in [0.25, 0.3) is 5.91 Å². The van der Waals surface area contributed by atoms with E-state index in [9.17, 15) is 10.1 Å². The third-order valence-electron chi connectivity index (χ3n) is 4.86. The minimum absolute atomic E-state index is 0.0258. The van der Waals surface area contributed by atoms with Crippen molar-refractivity contribution in [3.8, 4) is 6.07 Å². The van der Waals surface area contributed by atoms with Crippen LogP contribution in [0.4, 0.5) is 17.3 Å². The minimum Gasteiger partial charge on any atom is -0.353 e. The molecule has 7 heteroatoms. The number of hydrogen-bond acceptors (Lipinski definition) is 6. The van der Waals surface area contributed by atoms with E-state index in [-0.39, 0.29) is 5.91 Å². The van der Waals surface area contributed by atoms with Crippen LogP contribution in [0.2, 0.25) is 0 Å². The molecule has 2 aromatic heterocycles. The van der Waals surface area contributed by atoms with E-state index in [2.05, 4.69) is 26.3 Å². The standard InChI is InChI=1S/C22H20N6O/c23-15-17-5-1-2-6-19(17)26-20-9-8-18(16-25-20)22(29)28-13-11-27(12-14-28)21-7-3-4-10-24-21/h1-10,16H,11-14H2,(H,25,26). The number of rotatable bonds is 4. The van der Waals surface area contributed by atoms with Crippen LogP contribution in [0.5, 0.6) is 0 Å². The smallest absolute Gasteiger partial charge is 0.255 e. The Labute approximate surface area is 169 Å². The van der Waals surface area contributed by atoms with Crippen LogP contribution in [0.3, 0.4) is 0 Å². The molecule has 1 aromatic carbocycles. The molecule has 1 N–H and O–H groups in total. The van der Waals surface area contributed by atoms with E-state index in [1.165, 1.54) is 0 Å². The molecule has 1 aliphatic rings. The summed E-state index contributed by atoms with van der Waals surface area (Å²) in [6, 6.07) is 18.7. The molecule has 7 nitrogen and oxygen atoms in total. The maximum Gasteiger partial charge on any atom is 0.255 e. The fourth-order valence-electron chi connectivity index (χ4n) is 3.28. The van der Waals surface area contributed by atoms with Crippen molar-refractivity contribution in [1.82, 2.24) is 14.9 Å². The summed E-state index contributed by atoms with van der Waals surface area (Å²) in [6.07, 6.45) is 3.36. The number of nitrogens with one attached hydrogen (secondary N) is 1. The van der Waals surface area contributed by atoms with Crippen molar-refractivity contribution in [3.63, 3.8) is 0 Å². The summed E-state index contributed by atoms with van der Waals surface area (Å²) < 4.78 is 0. The number of carbonyl (C=O) groups is 1. The molecule has 0 spiro atoms. The van der Waals surface area contributed by atoms with Gasteiger partial charge in [0.1, 0.15) is 17.7 Å². The van der Waals surface area contributed by atoms with Crippen molar-refractivity contribution >= 4 is 23.2 Å². The number of anilines is 3. The second-order valence-corrected chi connectivity index (χ2v) is 6.68. The second kappa shape index (κ2) is 8.40. The van der Waals surface area contributed by atoms with Crippen LogP contribution in [0.15, 0.2) is 67.0 Å². The number of nitriles is 1. The van der Waals surface area contributed by atoms with E-state index < -0.39 is 0 Å². The van der Waals surface area contributed by atoms with Gasteiger partial charge in [-0.2, -0.15) is 5.26 Å². The van der Waals surface area contributed by atoms with Gasteiger partial charge in [-0.15, -0.1) is 0 Å². The number of amides is 1. The van der Waals surface area contributed by atoms with E-state index in [0.29, 0.717) is 35.7 Å². The van der Waals surface area contributed by atoms with Crippen molar-refractivity contribution in [2.45, 2.75) is 0 Å². The average molecular weight is 384 g/mol. The Morgan fingerprint density at radius 2 is 1.76 bits per heavy atom. The molecule has 0 atom stereocenters. The highest BCUT2D eigenvalue weighted by Crippen LogP contribution is 2.19. The lowest BCUT2D eigenvalue weighted by molar-refractivity contribution is 0.0746. The van der Waals surface area contributed by atoms with Crippen LogP contribution in [0.1, 0.15) is 15.9 Å². The summed E-state index contributed by atoms with van der Waals surface area (Å²) in [5.41, 5.74) is 1.78. The Morgan fingerprint density at radius 1 is 0.966 bits per heavy atom. The monoisotopic (exact) mass is 384 g/mol. The predicted octanol–water partition coefficient (Wildman–Crippen LogP) is 3.05. The zero-order chi connectivity index (χ0) is 20.1. The van der Waals surface area contributed by atoms with E-state index in [1.54, 1.807) is 30.6 Å². The molecular formula is C22H20N6O. The number of piperazine rings is 1. The quantitative estimate of drug-likeness (QED) is 0.744. The maximum absolute atomic E-state index is 12.8. The molecule has 3 heterocycles. The Kier molecular flexibility index (Phi) is 5.34. The summed E-state index contributed by atoms with van der Waals surface area (Å²) in [5, 5.41) is 12.3. The number of para-hydroxylation sites is 1. The number of aromatic nitrogens is 2. The van der Waals surface area contributed by atoms with Gasteiger partial charge in [-0.25, -0.2) is 9.97 Å². The molecule has 0 aliphatic carbocycles. The molecule has 4 rings (SSSR count). The molecule has 144 valence electrons. The van der Waals surface area contributed by atoms with Gasteiger partial charge in [0.15, 0.2) is 0 Å². The summed E-state index contributed by atoms with van der Waals surface area (Å²) in [5.74, 6) is 1.50. The lowest BCUT2D eigenvalue weighted by atomic mass is 10.2. The fraction of sp³-hybridized carbons (Fsp3) is 0.182. The molecule has 1 aliphatic heterocycles. The minimum atomic E-state index is -0.0258. The molecule has 3 aromatic rings. The van der Waals surface area contributed by atoms with Gasteiger partial charge in [-0.3, -0.25) is 4.79 Å². The zero-order valence-electron chi connectivity index (χ0n) is 15.8. The van der Waals surface area contributed by atoms with E-state index in [0.717, 1.165) is 18.9 Å². The number of nitrogens with zero attached hydrogens (tertiary/aromatic N) is 5. The van der Waals surface area contributed by atoms with Crippen LogP contribution in [-0.2, 0) is 0 Å². The largest absolute Gasteiger partial charge is 0.353 e. The van der Waals surface area contributed by atoms with Crippen molar-refractivity contribution in [2.24, 2.45) is 0 Å². The highest BCUT2D eigenvalue weighted by Gasteiger charge is 2.23. The molecule has 1 amide bonds. The first kappa shape index (κ1) is 18.4. The third kappa shape index (κ3) is 4.17. The lowest BCUT2D eigenvalue weighted by Crippen LogP contribution is -2.49. The molecule has 0 unspecified atom stereocenters. The van der Waals surface area contributed by atoms with Gasteiger partial charge in [0.05, 0.1) is 16.8 Å². The Bertz CT molecular complexity index is 1020. The molecule has 0 bridgehead atoms.